The van der Waals surface area contributed by atoms with Crippen molar-refractivity contribution in [3.05, 3.63) is 90.0 Å². The Kier molecular flexibility index (Phi) is 5.93. The zero-order valence-electron chi connectivity index (χ0n) is 18.6. The predicted octanol–water partition coefficient (Wildman–Crippen LogP) is 6.00. The van der Waals surface area contributed by atoms with E-state index in [9.17, 15) is 15.3 Å². The number of hydrogen-bond acceptors (Lipinski definition) is 6. The second-order valence-corrected chi connectivity index (χ2v) is 8.96. The summed E-state index contributed by atoms with van der Waals surface area (Å²) in [6.07, 6.45) is 0.237. The van der Waals surface area contributed by atoms with Crippen molar-refractivity contribution < 1.29 is 4.79 Å². The fourth-order valence-corrected chi connectivity index (χ4v) is 5.26. The summed E-state index contributed by atoms with van der Waals surface area (Å²) in [7, 11) is 0. The minimum Gasteiger partial charge on any atom is -0.383 e. The zero-order valence-corrected chi connectivity index (χ0v) is 19.4. The molecule has 0 unspecified atom stereocenters. The molecule has 0 aliphatic rings. The van der Waals surface area contributed by atoms with Gasteiger partial charge in [-0.05, 0) is 17.7 Å². The zero-order chi connectivity index (χ0) is 24.4. The Balaban J connectivity index is 1.47. The van der Waals surface area contributed by atoms with Gasteiger partial charge >= 0.3 is 0 Å². The van der Waals surface area contributed by atoms with Crippen LogP contribution in [0.4, 0.5) is 5.82 Å². The van der Waals surface area contributed by atoms with Gasteiger partial charge in [-0.25, -0.2) is 4.98 Å². The number of para-hydroxylation sites is 2. The maximum absolute atomic E-state index is 13.3. The van der Waals surface area contributed by atoms with Gasteiger partial charge in [-0.1, -0.05) is 66.7 Å². The summed E-state index contributed by atoms with van der Waals surface area (Å²) in [5.41, 5.74) is 9.50. The molecule has 5 aromatic rings. The van der Waals surface area contributed by atoms with Gasteiger partial charge in [0.25, 0.3) is 0 Å². The third-order valence-corrected chi connectivity index (χ3v) is 6.84. The van der Waals surface area contributed by atoms with Crippen LogP contribution in [0.2, 0.25) is 0 Å². The molecule has 0 bridgehead atoms. The molecule has 0 fully saturated rings. The fraction of sp³-hybridized carbons (Fsp3) is 0.0714. The molecule has 0 radical (unpaired) electrons. The van der Waals surface area contributed by atoms with Crippen molar-refractivity contribution in [3.63, 3.8) is 0 Å². The minimum atomic E-state index is -0.0432. The quantitative estimate of drug-likeness (QED) is 0.313. The van der Waals surface area contributed by atoms with Crippen LogP contribution in [0.1, 0.15) is 22.3 Å². The number of benzene rings is 3. The smallest absolute Gasteiger partial charge is 0.232 e. The van der Waals surface area contributed by atoms with Crippen molar-refractivity contribution in [3.8, 4) is 23.3 Å². The SMILES string of the molecule is N#Cc1c(N)nc(SCCC(=O)n2c3ccccc3c3ccccc32)c(C#N)c1-c1ccccc1. The lowest BCUT2D eigenvalue weighted by Gasteiger charge is -2.13. The molecule has 35 heavy (non-hydrogen) atoms. The number of thioether (sulfide) groups is 1. The lowest BCUT2D eigenvalue weighted by molar-refractivity contribution is 0.0920. The maximum atomic E-state index is 13.3. The Bertz CT molecular complexity index is 1620. The average molecular weight is 474 g/mol. The van der Waals surface area contributed by atoms with E-state index in [0.717, 1.165) is 27.4 Å². The van der Waals surface area contributed by atoms with Gasteiger partial charge in [0.1, 0.15) is 28.5 Å². The highest BCUT2D eigenvalue weighted by Gasteiger charge is 2.21. The molecule has 168 valence electrons. The monoisotopic (exact) mass is 473 g/mol. The number of nitriles is 2. The second-order valence-electron chi connectivity index (χ2n) is 7.88. The second kappa shape index (κ2) is 9.34. The van der Waals surface area contributed by atoms with Crippen LogP contribution < -0.4 is 5.73 Å². The number of fused-ring (bicyclic) bond motifs is 3. The van der Waals surface area contributed by atoms with E-state index in [4.69, 9.17) is 5.73 Å². The van der Waals surface area contributed by atoms with Gasteiger partial charge in [-0.3, -0.25) is 9.36 Å². The molecule has 0 atom stereocenters. The number of anilines is 1. The van der Waals surface area contributed by atoms with Crippen LogP contribution in [-0.2, 0) is 0 Å². The number of carbonyl (C=O) groups is 1. The first-order chi connectivity index (χ1) is 17.1. The summed E-state index contributed by atoms with van der Waals surface area (Å²) < 4.78 is 1.76. The van der Waals surface area contributed by atoms with E-state index in [0.29, 0.717) is 16.3 Å². The van der Waals surface area contributed by atoms with E-state index in [1.807, 2.05) is 78.9 Å². The Morgan fingerprint density at radius 3 is 2.03 bits per heavy atom. The van der Waals surface area contributed by atoms with Crippen molar-refractivity contribution in [2.24, 2.45) is 0 Å². The molecule has 2 N–H and O–H groups in total. The highest BCUT2D eigenvalue weighted by Crippen LogP contribution is 2.36. The molecule has 0 aliphatic carbocycles. The van der Waals surface area contributed by atoms with Crippen molar-refractivity contribution >= 4 is 45.3 Å². The Hall–Kier alpha value is -4.59. The Morgan fingerprint density at radius 1 is 0.857 bits per heavy atom. The average Bonchev–Trinajstić information content (AvgIpc) is 3.23. The highest BCUT2D eigenvalue weighted by atomic mass is 32.2. The number of nitrogen functional groups attached to an aromatic ring is 1. The number of nitrogens with zero attached hydrogens (tertiary/aromatic N) is 4. The molecule has 0 saturated heterocycles. The molecule has 2 heterocycles. The first-order valence-corrected chi connectivity index (χ1v) is 12.0. The van der Waals surface area contributed by atoms with Crippen LogP contribution in [0.3, 0.4) is 0 Å². The standard InChI is InChI=1S/C28H19N5OS/c29-16-21-26(18-8-2-1-3-9-18)22(17-30)28(32-27(21)31)35-15-14-25(34)33-23-12-6-4-10-19(23)20-11-5-7-13-24(20)33/h1-13H,14-15H2,(H2,31,32). The Labute approximate surface area is 206 Å². The van der Waals surface area contributed by atoms with Crippen molar-refractivity contribution in [2.45, 2.75) is 11.4 Å². The molecule has 0 amide bonds. The molecule has 5 rings (SSSR count). The van der Waals surface area contributed by atoms with Gasteiger partial charge in [-0.15, -0.1) is 11.8 Å². The first kappa shape index (κ1) is 22.2. The van der Waals surface area contributed by atoms with E-state index in [2.05, 4.69) is 17.1 Å². The van der Waals surface area contributed by atoms with E-state index in [-0.39, 0.29) is 29.3 Å². The Morgan fingerprint density at radius 2 is 1.43 bits per heavy atom. The van der Waals surface area contributed by atoms with Crippen LogP contribution in [0.5, 0.6) is 0 Å². The van der Waals surface area contributed by atoms with Crippen LogP contribution >= 0.6 is 11.8 Å². The minimum absolute atomic E-state index is 0.0432. The number of aromatic nitrogens is 2. The molecule has 2 aromatic heterocycles. The highest BCUT2D eigenvalue weighted by molar-refractivity contribution is 7.99. The largest absolute Gasteiger partial charge is 0.383 e. The maximum Gasteiger partial charge on any atom is 0.232 e. The summed E-state index contributed by atoms with van der Waals surface area (Å²) in [4.78, 5) is 17.7. The topological polar surface area (TPSA) is 108 Å². The first-order valence-electron chi connectivity index (χ1n) is 11.0. The van der Waals surface area contributed by atoms with E-state index < -0.39 is 0 Å². The van der Waals surface area contributed by atoms with Gasteiger partial charge < -0.3 is 5.73 Å². The van der Waals surface area contributed by atoms with E-state index in [1.165, 1.54) is 11.8 Å². The molecular formula is C28H19N5OS. The number of rotatable bonds is 5. The van der Waals surface area contributed by atoms with Crippen LogP contribution in [0, 0.1) is 22.7 Å². The lowest BCUT2D eigenvalue weighted by Crippen LogP contribution is -2.11. The predicted molar refractivity (Wildman–Crippen MR) is 139 cm³/mol. The van der Waals surface area contributed by atoms with Crippen LogP contribution in [0.25, 0.3) is 32.9 Å². The van der Waals surface area contributed by atoms with Gasteiger partial charge in [0, 0.05) is 28.5 Å². The number of nitrogens with two attached hydrogens (primary N) is 1. The van der Waals surface area contributed by atoms with Gasteiger partial charge in [0.15, 0.2) is 0 Å². The lowest BCUT2D eigenvalue weighted by atomic mass is 9.97. The molecule has 3 aromatic carbocycles. The molecule has 0 aliphatic heterocycles. The fourth-order valence-electron chi connectivity index (χ4n) is 4.33. The van der Waals surface area contributed by atoms with E-state index in [1.54, 1.807) is 4.57 Å². The molecule has 0 saturated carbocycles. The number of hydrogen-bond donors (Lipinski definition) is 1. The summed E-state index contributed by atoms with van der Waals surface area (Å²) in [5, 5.41) is 22.1. The van der Waals surface area contributed by atoms with Gasteiger partial charge in [0.05, 0.1) is 16.6 Å². The molecule has 6 nitrogen and oxygen atoms in total. The van der Waals surface area contributed by atoms with Crippen LogP contribution in [0.15, 0.2) is 83.9 Å². The normalized spacial score (nSPS) is 10.8. The molecular weight excluding hydrogens is 454 g/mol. The van der Waals surface area contributed by atoms with Gasteiger partial charge in [0.2, 0.25) is 5.91 Å². The molecule has 0 spiro atoms. The summed E-state index contributed by atoms with van der Waals surface area (Å²) in [6, 6.07) is 29.2. The van der Waals surface area contributed by atoms with E-state index >= 15 is 0 Å². The number of pyridine rings is 1. The van der Waals surface area contributed by atoms with Crippen molar-refractivity contribution in [1.29, 1.82) is 10.5 Å². The molecule has 7 heteroatoms. The number of carbonyl (C=O) groups excluding carboxylic acids is 1. The third-order valence-electron chi connectivity index (χ3n) is 5.86. The van der Waals surface area contributed by atoms with Crippen LogP contribution in [-0.4, -0.2) is 21.2 Å². The summed E-state index contributed by atoms with van der Waals surface area (Å²) in [6.45, 7) is 0. The van der Waals surface area contributed by atoms with Crippen molar-refractivity contribution in [1.82, 2.24) is 9.55 Å². The summed E-state index contributed by atoms with van der Waals surface area (Å²) >= 11 is 1.29. The van der Waals surface area contributed by atoms with Gasteiger partial charge in [-0.2, -0.15) is 10.5 Å². The summed E-state index contributed by atoms with van der Waals surface area (Å²) in [5.74, 6) is 0.431. The third kappa shape index (κ3) is 3.89. The van der Waals surface area contributed by atoms with Crippen molar-refractivity contribution in [2.75, 3.05) is 11.5 Å².